The Labute approximate surface area is 154 Å². The molecular weight excluding hydrogens is 359 g/mol. The highest BCUT2D eigenvalue weighted by Gasteiger charge is 2.30. The van der Waals surface area contributed by atoms with E-state index >= 15 is 0 Å². The van der Waals surface area contributed by atoms with Gasteiger partial charge in [0.15, 0.2) is 0 Å². The first kappa shape index (κ1) is 18.9. The lowest BCUT2D eigenvalue weighted by Crippen LogP contribution is -2.41. The molecule has 27 heavy (non-hydrogen) atoms. The summed E-state index contributed by atoms with van der Waals surface area (Å²) < 4.78 is 45.5. The quantitative estimate of drug-likeness (QED) is 0.764. The number of piperidine rings is 1. The molecule has 142 valence electrons. The molecule has 1 heterocycles. The van der Waals surface area contributed by atoms with Crippen LogP contribution in [0.5, 0.6) is 0 Å². The second-order valence-electron chi connectivity index (χ2n) is 6.39. The van der Waals surface area contributed by atoms with Crippen molar-refractivity contribution < 1.29 is 27.5 Å². The van der Waals surface area contributed by atoms with Gasteiger partial charge in [-0.3, -0.25) is 9.59 Å². The number of carbonyl (C=O) groups excluding carboxylic acids is 2. The van der Waals surface area contributed by atoms with Crippen LogP contribution in [-0.2, 0) is 16.1 Å². The third kappa shape index (κ3) is 4.48. The third-order valence-corrected chi connectivity index (χ3v) is 4.60. The first-order valence-electron chi connectivity index (χ1n) is 8.60. The van der Waals surface area contributed by atoms with Gasteiger partial charge < -0.3 is 9.64 Å². The maximum Gasteiger partial charge on any atom is 0.309 e. The van der Waals surface area contributed by atoms with Crippen molar-refractivity contribution in [3.8, 4) is 0 Å². The monoisotopic (exact) mass is 377 g/mol. The van der Waals surface area contributed by atoms with E-state index in [2.05, 4.69) is 0 Å². The Morgan fingerprint density at radius 3 is 2.37 bits per heavy atom. The number of hydrogen-bond donors (Lipinski definition) is 0. The number of esters is 1. The maximum absolute atomic E-state index is 13.8. The fourth-order valence-corrected chi connectivity index (χ4v) is 3.03. The highest BCUT2D eigenvalue weighted by Crippen LogP contribution is 2.22. The molecule has 0 aliphatic carbocycles. The number of ether oxygens (including phenoxy) is 1. The van der Waals surface area contributed by atoms with Gasteiger partial charge in [0, 0.05) is 24.7 Å². The van der Waals surface area contributed by atoms with E-state index in [0.717, 1.165) is 12.1 Å². The summed E-state index contributed by atoms with van der Waals surface area (Å²) in [7, 11) is 0. The van der Waals surface area contributed by atoms with Crippen LogP contribution in [0.2, 0.25) is 0 Å². The number of rotatable bonds is 4. The first-order chi connectivity index (χ1) is 13.0. The minimum Gasteiger partial charge on any atom is -0.460 e. The van der Waals surface area contributed by atoms with Gasteiger partial charge in [0.2, 0.25) is 0 Å². The van der Waals surface area contributed by atoms with Gasteiger partial charge in [-0.05, 0) is 31.0 Å². The molecule has 0 radical (unpaired) electrons. The minimum absolute atomic E-state index is 0.147. The summed E-state index contributed by atoms with van der Waals surface area (Å²) in [5.74, 6) is -3.48. The highest BCUT2D eigenvalue weighted by molar-refractivity contribution is 5.94. The average molecular weight is 377 g/mol. The minimum atomic E-state index is -0.911. The van der Waals surface area contributed by atoms with Gasteiger partial charge in [0.05, 0.1) is 11.5 Å². The number of halogens is 3. The zero-order valence-electron chi connectivity index (χ0n) is 14.5. The maximum atomic E-state index is 13.8. The molecule has 1 saturated heterocycles. The standard InChI is InChI=1S/C20H18F3NO3/c21-15-5-6-16(18(23)11-15)19(25)24-9-7-13(8-10-24)20(26)27-12-14-3-1-2-4-17(14)22/h1-6,11,13H,7-10,12H2. The molecule has 4 nitrogen and oxygen atoms in total. The van der Waals surface area contributed by atoms with E-state index in [1.165, 1.54) is 11.0 Å². The van der Waals surface area contributed by atoms with Gasteiger partial charge in [0.1, 0.15) is 24.1 Å². The van der Waals surface area contributed by atoms with Crippen LogP contribution in [0, 0.1) is 23.4 Å². The molecule has 7 heteroatoms. The van der Waals surface area contributed by atoms with E-state index in [9.17, 15) is 22.8 Å². The summed E-state index contributed by atoms with van der Waals surface area (Å²) in [6, 6.07) is 8.86. The van der Waals surface area contributed by atoms with Crippen LogP contribution in [0.3, 0.4) is 0 Å². The Hall–Kier alpha value is -2.83. The van der Waals surface area contributed by atoms with E-state index in [-0.39, 0.29) is 25.3 Å². The van der Waals surface area contributed by atoms with Crippen molar-refractivity contribution in [2.75, 3.05) is 13.1 Å². The fraction of sp³-hybridized carbons (Fsp3) is 0.300. The van der Waals surface area contributed by atoms with E-state index in [0.29, 0.717) is 24.5 Å². The predicted molar refractivity (Wildman–Crippen MR) is 91.2 cm³/mol. The smallest absolute Gasteiger partial charge is 0.309 e. The van der Waals surface area contributed by atoms with Crippen molar-refractivity contribution in [1.82, 2.24) is 4.90 Å². The molecule has 0 bridgehead atoms. The number of hydrogen-bond acceptors (Lipinski definition) is 3. The molecule has 1 amide bonds. The largest absolute Gasteiger partial charge is 0.460 e. The fourth-order valence-electron chi connectivity index (χ4n) is 3.03. The van der Waals surface area contributed by atoms with Crippen molar-refractivity contribution in [3.63, 3.8) is 0 Å². The van der Waals surface area contributed by atoms with E-state index in [1.54, 1.807) is 18.2 Å². The molecule has 0 unspecified atom stereocenters. The second-order valence-corrected chi connectivity index (χ2v) is 6.39. The molecule has 2 aromatic rings. The number of carbonyl (C=O) groups is 2. The van der Waals surface area contributed by atoms with E-state index in [1.807, 2.05) is 0 Å². The average Bonchev–Trinajstić information content (AvgIpc) is 2.67. The zero-order valence-corrected chi connectivity index (χ0v) is 14.5. The van der Waals surface area contributed by atoms with Crippen LogP contribution in [0.15, 0.2) is 42.5 Å². The Kier molecular flexibility index (Phi) is 5.78. The summed E-state index contributed by atoms with van der Waals surface area (Å²) in [5, 5.41) is 0. The first-order valence-corrected chi connectivity index (χ1v) is 8.60. The molecule has 3 rings (SSSR count). The number of likely N-dealkylation sites (tertiary alicyclic amines) is 1. The molecule has 0 aromatic heterocycles. The Morgan fingerprint density at radius 2 is 1.70 bits per heavy atom. The summed E-state index contributed by atoms with van der Waals surface area (Å²) in [6.45, 7) is 0.371. The number of benzene rings is 2. The van der Waals surface area contributed by atoms with Crippen molar-refractivity contribution in [2.45, 2.75) is 19.4 Å². The Balaban J connectivity index is 1.53. The molecule has 1 fully saturated rings. The molecule has 2 aromatic carbocycles. The molecule has 1 aliphatic rings. The topological polar surface area (TPSA) is 46.6 Å². The summed E-state index contributed by atoms with van der Waals surface area (Å²) in [6.07, 6.45) is 0.731. The third-order valence-electron chi connectivity index (χ3n) is 4.60. The molecule has 0 saturated carbocycles. The molecular formula is C20H18F3NO3. The van der Waals surface area contributed by atoms with Crippen LogP contribution in [0.25, 0.3) is 0 Å². The summed E-state index contributed by atoms with van der Waals surface area (Å²) >= 11 is 0. The van der Waals surface area contributed by atoms with Gasteiger partial charge in [-0.25, -0.2) is 13.2 Å². The van der Waals surface area contributed by atoms with Gasteiger partial charge in [-0.2, -0.15) is 0 Å². The zero-order chi connectivity index (χ0) is 19.4. The normalized spacial score (nSPS) is 14.9. The van der Waals surface area contributed by atoms with Crippen LogP contribution >= 0.6 is 0 Å². The van der Waals surface area contributed by atoms with Crippen molar-refractivity contribution in [1.29, 1.82) is 0 Å². The van der Waals surface area contributed by atoms with Gasteiger partial charge in [-0.15, -0.1) is 0 Å². The molecule has 0 atom stereocenters. The summed E-state index contributed by atoms with van der Waals surface area (Å²) in [4.78, 5) is 26.0. The second kappa shape index (κ2) is 8.24. The van der Waals surface area contributed by atoms with Crippen molar-refractivity contribution in [3.05, 3.63) is 71.0 Å². The number of amides is 1. The SMILES string of the molecule is O=C(OCc1ccccc1F)C1CCN(C(=O)c2ccc(F)cc2F)CC1. The Bertz CT molecular complexity index is 848. The van der Waals surface area contributed by atoms with Crippen LogP contribution < -0.4 is 0 Å². The van der Waals surface area contributed by atoms with Crippen molar-refractivity contribution in [2.24, 2.45) is 5.92 Å². The van der Waals surface area contributed by atoms with Crippen LogP contribution in [0.1, 0.15) is 28.8 Å². The van der Waals surface area contributed by atoms with Crippen LogP contribution in [0.4, 0.5) is 13.2 Å². The van der Waals surface area contributed by atoms with Gasteiger partial charge >= 0.3 is 5.97 Å². The lowest BCUT2D eigenvalue weighted by molar-refractivity contribution is -0.151. The van der Waals surface area contributed by atoms with Gasteiger partial charge in [0.25, 0.3) is 5.91 Å². The molecule has 0 spiro atoms. The predicted octanol–water partition coefficient (Wildman–Crippen LogP) is 3.70. The molecule has 1 aliphatic heterocycles. The molecule has 0 N–H and O–H groups in total. The van der Waals surface area contributed by atoms with Gasteiger partial charge in [-0.1, -0.05) is 18.2 Å². The summed E-state index contributed by atoms with van der Waals surface area (Å²) in [5.41, 5.74) is 0.0993. The number of nitrogens with zero attached hydrogens (tertiary/aromatic N) is 1. The highest BCUT2D eigenvalue weighted by atomic mass is 19.1. The Morgan fingerprint density at radius 1 is 1.00 bits per heavy atom. The van der Waals surface area contributed by atoms with Crippen LogP contribution in [-0.4, -0.2) is 29.9 Å². The lowest BCUT2D eigenvalue weighted by Gasteiger charge is -2.31. The lowest BCUT2D eigenvalue weighted by atomic mass is 9.96. The van der Waals surface area contributed by atoms with E-state index < -0.39 is 35.2 Å². The van der Waals surface area contributed by atoms with E-state index in [4.69, 9.17) is 4.74 Å². The van der Waals surface area contributed by atoms with Crippen molar-refractivity contribution >= 4 is 11.9 Å².